The number of hydrogen-bond acceptors (Lipinski definition) is 4. The van der Waals surface area contributed by atoms with Crippen molar-refractivity contribution in [2.24, 2.45) is 0 Å². The molecule has 0 bridgehead atoms. The van der Waals surface area contributed by atoms with E-state index in [2.05, 4.69) is 0 Å². The molecule has 11 heteroatoms. The highest BCUT2D eigenvalue weighted by molar-refractivity contribution is 7.91. The van der Waals surface area contributed by atoms with Crippen molar-refractivity contribution in [2.75, 3.05) is 4.72 Å². The largest absolute Gasteiger partial charge is 0.416 e. The van der Waals surface area contributed by atoms with Crippen LogP contribution in [0, 0.1) is 15.9 Å². The van der Waals surface area contributed by atoms with Gasteiger partial charge in [0.05, 0.1) is 16.2 Å². The molecular weight excluding hydrogens is 368 g/mol. The van der Waals surface area contributed by atoms with Crippen molar-refractivity contribution in [3.63, 3.8) is 0 Å². The van der Waals surface area contributed by atoms with Crippen LogP contribution in [0.4, 0.5) is 28.9 Å². The molecule has 0 amide bonds. The van der Waals surface area contributed by atoms with Crippen molar-refractivity contribution in [2.45, 2.75) is 11.9 Å². The van der Waals surface area contributed by atoms with Crippen LogP contribution in [0.1, 0.15) is 11.1 Å². The maximum absolute atomic E-state index is 13.6. The van der Waals surface area contributed by atoms with E-state index in [1.165, 1.54) is 18.2 Å². The lowest BCUT2D eigenvalue weighted by Gasteiger charge is -2.12. The number of halogens is 4. The Balaban J connectivity index is 2.33. The summed E-state index contributed by atoms with van der Waals surface area (Å²) in [4.78, 5) is 10.1. The summed E-state index contributed by atoms with van der Waals surface area (Å²) in [6.45, 7) is 0. The second kappa shape index (κ2) is 6.67. The summed E-state index contributed by atoms with van der Waals surface area (Å²) in [5, 5.41) is 10.9. The van der Waals surface area contributed by atoms with Gasteiger partial charge >= 0.3 is 6.18 Å². The summed E-state index contributed by atoms with van der Waals surface area (Å²) in [5.74, 6) is -2.11. The number of benzene rings is 2. The fourth-order valence-electron chi connectivity index (χ4n) is 2.00. The van der Waals surface area contributed by atoms with Crippen LogP contribution in [0.15, 0.2) is 42.5 Å². The van der Waals surface area contributed by atoms with Crippen molar-refractivity contribution < 1.29 is 30.9 Å². The van der Waals surface area contributed by atoms with E-state index >= 15 is 0 Å². The number of anilines is 1. The second-order valence-electron chi connectivity index (χ2n) is 4.94. The van der Waals surface area contributed by atoms with Crippen LogP contribution in [-0.2, 0) is 22.0 Å². The lowest BCUT2D eigenvalue weighted by Crippen LogP contribution is -2.17. The predicted octanol–water partition coefficient (Wildman–Crippen LogP) is 3.69. The van der Waals surface area contributed by atoms with Gasteiger partial charge in [0.2, 0.25) is 10.0 Å². The Labute approximate surface area is 139 Å². The first-order valence-corrected chi connectivity index (χ1v) is 8.24. The number of sulfonamides is 1. The zero-order chi connectivity index (χ0) is 18.8. The SMILES string of the molecule is O=[N+]([O-])c1ccccc1CS(=O)(=O)Nc1cc(C(F)(F)F)ccc1F. The van der Waals surface area contributed by atoms with E-state index < -0.39 is 49.6 Å². The van der Waals surface area contributed by atoms with Gasteiger partial charge in [-0.2, -0.15) is 13.2 Å². The lowest BCUT2D eigenvalue weighted by atomic mass is 10.2. The molecule has 0 unspecified atom stereocenters. The smallest absolute Gasteiger partial charge is 0.280 e. The number of alkyl halides is 3. The maximum atomic E-state index is 13.6. The normalized spacial score (nSPS) is 12.0. The summed E-state index contributed by atoms with van der Waals surface area (Å²) in [6.07, 6.45) is -4.79. The van der Waals surface area contributed by atoms with Crippen LogP contribution in [0.25, 0.3) is 0 Å². The van der Waals surface area contributed by atoms with E-state index in [0.29, 0.717) is 18.2 Å². The Morgan fingerprint density at radius 2 is 1.76 bits per heavy atom. The Hall–Kier alpha value is -2.69. The van der Waals surface area contributed by atoms with Crippen LogP contribution in [-0.4, -0.2) is 13.3 Å². The quantitative estimate of drug-likeness (QED) is 0.488. The van der Waals surface area contributed by atoms with Gasteiger partial charge in [-0.1, -0.05) is 18.2 Å². The molecule has 2 rings (SSSR count). The number of para-hydroxylation sites is 1. The molecule has 134 valence electrons. The molecule has 0 atom stereocenters. The van der Waals surface area contributed by atoms with Crippen LogP contribution in [0.5, 0.6) is 0 Å². The van der Waals surface area contributed by atoms with E-state index in [1.54, 1.807) is 4.72 Å². The van der Waals surface area contributed by atoms with Gasteiger partial charge in [-0.3, -0.25) is 14.8 Å². The highest BCUT2D eigenvalue weighted by Crippen LogP contribution is 2.32. The van der Waals surface area contributed by atoms with Crippen molar-refractivity contribution in [1.82, 2.24) is 0 Å². The highest BCUT2D eigenvalue weighted by Gasteiger charge is 2.31. The number of hydrogen-bond donors (Lipinski definition) is 1. The van der Waals surface area contributed by atoms with Gasteiger partial charge in [0, 0.05) is 11.6 Å². The topological polar surface area (TPSA) is 89.3 Å². The summed E-state index contributed by atoms with van der Waals surface area (Å²) < 4.78 is 77.4. The Morgan fingerprint density at radius 3 is 2.36 bits per heavy atom. The molecule has 0 radical (unpaired) electrons. The molecule has 0 aliphatic rings. The molecule has 1 N–H and O–H groups in total. The van der Waals surface area contributed by atoms with Crippen molar-refractivity contribution >= 4 is 21.4 Å². The molecule has 25 heavy (non-hydrogen) atoms. The summed E-state index contributed by atoms with van der Waals surface area (Å²) in [5.41, 5.74) is -2.80. The summed E-state index contributed by atoms with van der Waals surface area (Å²) in [7, 11) is -4.39. The molecular formula is C14H10F4N2O4S. The van der Waals surface area contributed by atoms with Crippen molar-refractivity contribution in [1.29, 1.82) is 0 Å². The monoisotopic (exact) mass is 378 g/mol. The fraction of sp³-hybridized carbons (Fsp3) is 0.143. The van der Waals surface area contributed by atoms with Crippen LogP contribution < -0.4 is 4.72 Å². The first kappa shape index (κ1) is 18.6. The van der Waals surface area contributed by atoms with Gasteiger partial charge in [0.25, 0.3) is 5.69 Å². The fourth-order valence-corrected chi connectivity index (χ4v) is 3.22. The number of nitro groups is 1. The van der Waals surface area contributed by atoms with Gasteiger partial charge in [-0.25, -0.2) is 12.8 Å². The second-order valence-corrected chi connectivity index (χ2v) is 6.66. The maximum Gasteiger partial charge on any atom is 0.416 e. The van der Waals surface area contributed by atoms with Crippen LogP contribution in [0.3, 0.4) is 0 Å². The molecule has 0 aliphatic heterocycles. The van der Waals surface area contributed by atoms with Gasteiger partial charge < -0.3 is 0 Å². The summed E-state index contributed by atoms with van der Waals surface area (Å²) >= 11 is 0. The molecule has 0 fully saturated rings. The third-order valence-corrected chi connectivity index (χ3v) is 4.31. The molecule has 0 heterocycles. The van der Waals surface area contributed by atoms with Gasteiger partial charge in [0.15, 0.2) is 0 Å². The zero-order valence-electron chi connectivity index (χ0n) is 12.2. The van der Waals surface area contributed by atoms with Crippen molar-refractivity contribution in [3.8, 4) is 0 Å². The van der Waals surface area contributed by atoms with Crippen molar-refractivity contribution in [3.05, 3.63) is 69.5 Å². The van der Waals surface area contributed by atoms with Gasteiger partial charge in [0.1, 0.15) is 11.6 Å². The number of nitrogens with one attached hydrogen (secondary N) is 1. The minimum atomic E-state index is -4.79. The minimum Gasteiger partial charge on any atom is -0.280 e. The van der Waals surface area contributed by atoms with E-state index in [1.807, 2.05) is 0 Å². The predicted molar refractivity (Wildman–Crippen MR) is 80.7 cm³/mol. The molecule has 0 saturated heterocycles. The molecule has 6 nitrogen and oxygen atoms in total. The van der Waals surface area contributed by atoms with E-state index in [-0.39, 0.29) is 5.56 Å². The minimum absolute atomic E-state index is 0.188. The van der Waals surface area contributed by atoms with Gasteiger partial charge in [-0.15, -0.1) is 0 Å². The molecule has 0 spiro atoms. The number of nitrogens with zero attached hydrogens (tertiary/aromatic N) is 1. The standard InChI is InChI=1S/C14H10F4N2O4S/c15-11-6-5-10(14(16,17)18)7-12(11)19-25(23,24)8-9-3-1-2-4-13(9)20(21)22/h1-7,19H,8H2. The number of nitro benzene ring substituents is 1. The van der Waals surface area contributed by atoms with E-state index in [0.717, 1.165) is 6.07 Å². The molecule has 0 aliphatic carbocycles. The van der Waals surface area contributed by atoms with Crippen LogP contribution >= 0.6 is 0 Å². The molecule has 2 aromatic carbocycles. The molecule has 2 aromatic rings. The first-order valence-electron chi connectivity index (χ1n) is 6.59. The number of rotatable bonds is 5. The Kier molecular flexibility index (Phi) is 4.97. The lowest BCUT2D eigenvalue weighted by molar-refractivity contribution is -0.385. The summed E-state index contributed by atoms with van der Waals surface area (Å²) in [6, 6.07) is 6.21. The van der Waals surface area contributed by atoms with E-state index in [9.17, 15) is 36.1 Å². The van der Waals surface area contributed by atoms with Crippen LogP contribution in [0.2, 0.25) is 0 Å². The zero-order valence-corrected chi connectivity index (χ0v) is 13.1. The average Bonchev–Trinajstić information content (AvgIpc) is 2.48. The highest BCUT2D eigenvalue weighted by atomic mass is 32.2. The first-order chi connectivity index (χ1) is 11.5. The molecule has 0 aromatic heterocycles. The average molecular weight is 378 g/mol. The third kappa shape index (κ3) is 4.66. The van der Waals surface area contributed by atoms with Gasteiger partial charge in [-0.05, 0) is 18.2 Å². The van der Waals surface area contributed by atoms with E-state index in [4.69, 9.17) is 0 Å². The third-order valence-electron chi connectivity index (χ3n) is 3.09. The Morgan fingerprint density at radius 1 is 1.12 bits per heavy atom. The molecule has 0 saturated carbocycles. The Bertz CT molecular complexity index is 913.